The smallest absolute Gasteiger partial charge is 0.322 e. The number of esters is 1. The Labute approximate surface area is 110 Å². The molecule has 5 heteroatoms. The summed E-state index contributed by atoms with van der Waals surface area (Å²) in [6.45, 7) is 5.25. The topological polar surface area (TPSA) is 50.8 Å². The largest absolute Gasteiger partial charge is 0.468 e. The Hall–Kier alpha value is -0.650. The summed E-state index contributed by atoms with van der Waals surface area (Å²) in [5.41, 5.74) is 0. The molecule has 1 unspecified atom stereocenters. The lowest BCUT2D eigenvalue weighted by molar-refractivity contribution is -0.143. The van der Waals surface area contributed by atoms with E-state index in [0.717, 1.165) is 32.7 Å². The maximum absolute atomic E-state index is 11.6. The summed E-state index contributed by atoms with van der Waals surface area (Å²) >= 11 is 0. The summed E-state index contributed by atoms with van der Waals surface area (Å²) in [7, 11) is 3.49. The van der Waals surface area contributed by atoms with Crippen LogP contribution in [0, 0.1) is 0 Å². The highest BCUT2D eigenvalue weighted by molar-refractivity contribution is 5.75. The molecule has 18 heavy (non-hydrogen) atoms. The predicted molar refractivity (Wildman–Crippen MR) is 70.6 cm³/mol. The molecule has 0 amide bonds. The van der Waals surface area contributed by atoms with E-state index in [1.807, 2.05) is 14.0 Å². The minimum absolute atomic E-state index is 0.153. The molecule has 0 spiro atoms. The third-order valence-corrected chi connectivity index (χ3v) is 3.12. The van der Waals surface area contributed by atoms with Crippen molar-refractivity contribution >= 4 is 5.97 Å². The minimum atomic E-state index is -0.169. The van der Waals surface area contributed by atoms with Crippen LogP contribution in [0.2, 0.25) is 0 Å². The minimum Gasteiger partial charge on any atom is -0.468 e. The van der Waals surface area contributed by atoms with E-state index in [9.17, 15) is 4.79 Å². The molecular weight excluding hydrogens is 232 g/mol. The van der Waals surface area contributed by atoms with Crippen LogP contribution >= 0.6 is 0 Å². The first-order valence-electron chi connectivity index (χ1n) is 6.77. The summed E-state index contributed by atoms with van der Waals surface area (Å²) in [5.74, 6) is -0.153. The Balaban J connectivity index is 2.20. The van der Waals surface area contributed by atoms with Crippen LogP contribution in [0.3, 0.4) is 0 Å². The molecule has 0 bridgehead atoms. The Kier molecular flexibility index (Phi) is 7.23. The fourth-order valence-electron chi connectivity index (χ4n) is 1.77. The van der Waals surface area contributed by atoms with Crippen LogP contribution in [0.25, 0.3) is 0 Å². The number of methoxy groups -OCH3 is 1. The van der Waals surface area contributed by atoms with Gasteiger partial charge in [0.25, 0.3) is 0 Å². The second-order valence-corrected chi connectivity index (χ2v) is 4.81. The van der Waals surface area contributed by atoms with E-state index in [1.165, 1.54) is 20.0 Å². The van der Waals surface area contributed by atoms with Crippen LogP contribution in [-0.2, 0) is 14.3 Å². The number of carbonyl (C=O) groups excluding carboxylic acids is 1. The highest BCUT2D eigenvalue weighted by Crippen LogP contribution is 2.20. The van der Waals surface area contributed by atoms with Crippen molar-refractivity contribution < 1.29 is 14.3 Å². The van der Waals surface area contributed by atoms with E-state index in [0.29, 0.717) is 6.04 Å². The molecule has 0 radical (unpaired) electrons. The lowest BCUT2D eigenvalue weighted by Crippen LogP contribution is -2.41. The van der Waals surface area contributed by atoms with Crippen LogP contribution in [0.4, 0.5) is 0 Å². The molecule has 0 aromatic heterocycles. The van der Waals surface area contributed by atoms with Crippen LogP contribution in [-0.4, -0.2) is 63.4 Å². The van der Waals surface area contributed by atoms with E-state index in [4.69, 9.17) is 9.47 Å². The van der Waals surface area contributed by atoms with Gasteiger partial charge >= 0.3 is 5.97 Å². The number of hydrogen-bond acceptors (Lipinski definition) is 5. The first-order chi connectivity index (χ1) is 8.67. The molecule has 0 aliphatic heterocycles. The fraction of sp³-hybridized carbons (Fsp3) is 0.923. The second-order valence-electron chi connectivity index (χ2n) is 4.81. The van der Waals surface area contributed by atoms with Gasteiger partial charge in [0.2, 0.25) is 0 Å². The van der Waals surface area contributed by atoms with E-state index in [2.05, 4.69) is 10.2 Å². The number of nitrogens with one attached hydrogen (secondary N) is 1. The SMILES string of the molecule is CCOCCN(C)CCC(NC1CC1)C(=O)OC. The van der Waals surface area contributed by atoms with E-state index >= 15 is 0 Å². The normalized spacial score (nSPS) is 16.9. The maximum Gasteiger partial charge on any atom is 0.322 e. The van der Waals surface area contributed by atoms with Gasteiger partial charge in [-0.05, 0) is 39.8 Å². The summed E-state index contributed by atoms with van der Waals surface area (Å²) < 4.78 is 10.1. The van der Waals surface area contributed by atoms with Crippen LogP contribution in [0.15, 0.2) is 0 Å². The van der Waals surface area contributed by atoms with Gasteiger partial charge in [-0.1, -0.05) is 0 Å². The molecule has 1 aliphatic carbocycles. The molecule has 0 heterocycles. The zero-order chi connectivity index (χ0) is 13.4. The maximum atomic E-state index is 11.6. The molecule has 1 aliphatic rings. The van der Waals surface area contributed by atoms with Gasteiger partial charge in [0.05, 0.1) is 13.7 Å². The standard InChI is InChI=1S/C13H26N2O3/c1-4-18-10-9-15(2)8-7-12(13(16)17-3)14-11-5-6-11/h11-12,14H,4-10H2,1-3H3. The highest BCUT2D eigenvalue weighted by Gasteiger charge is 2.28. The molecule has 1 atom stereocenters. The van der Waals surface area contributed by atoms with Crippen molar-refractivity contribution in [2.45, 2.75) is 38.3 Å². The Morgan fingerprint density at radius 3 is 2.72 bits per heavy atom. The fourth-order valence-corrected chi connectivity index (χ4v) is 1.77. The van der Waals surface area contributed by atoms with Crippen LogP contribution in [0.5, 0.6) is 0 Å². The number of ether oxygens (including phenoxy) is 2. The Morgan fingerprint density at radius 2 is 2.17 bits per heavy atom. The van der Waals surface area contributed by atoms with E-state index < -0.39 is 0 Å². The molecule has 1 saturated carbocycles. The summed E-state index contributed by atoms with van der Waals surface area (Å²) in [5, 5.41) is 3.33. The lowest BCUT2D eigenvalue weighted by Gasteiger charge is -2.21. The van der Waals surface area contributed by atoms with Crippen molar-refractivity contribution in [2.75, 3.05) is 40.5 Å². The molecule has 0 aromatic rings. The van der Waals surface area contributed by atoms with Crippen molar-refractivity contribution in [1.82, 2.24) is 10.2 Å². The first-order valence-corrected chi connectivity index (χ1v) is 6.77. The molecule has 106 valence electrons. The van der Waals surface area contributed by atoms with Crippen LogP contribution in [0.1, 0.15) is 26.2 Å². The van der Waals surface area contributed by atoms with Gasteiger partial charge < -0.3 is 19.7 Å². The van der Waals surface area contributed by atoms with Crippen molar-refractivity contribution in [3.63, 3.8) is 0 Å². The van der Waals surface area contributed by atoms with Gasteiger partial charge in [0.1, 0.15) is 6.04 Å². The van der Waals surface area contributed by atoms with E-state index in [-0.39, 0.29) is 12.0 Å². The molecular formula is C13H26N2O3. The van der Waals surface area contributed by atoms with Gasteiger partial charge in [0, 0.05) is 19.2 Å². The van der Waals surface area contributed by atoms with Gasteiger partial charge in [0.15, 0.2) is 0 Å². The number of rotatable bonds is 10. The molecule has 1 fully saturated rings. The quantitative estimate of drug-likeness (QED) is 0.460. The zero-order valence-corrected chi connectivity index (χ0v) is 11.8. The third kappa shape index (κ3) is 6.33. The number of nitrogens with zero attached hydrogens (tertiary/aromatic N) is 1. The summed E-state index contributed by atoms with van der Waals surface area (Å²) in [6, 6.07) is 0.347. The van der Waals surface area contributed by atoms with Crippen molar-refractivity contribution in [1.29, 1.82) is 0 Å². The summed E-state index contributed by atoms with van der Waals surface area (Å²) in [4.78, 5) is 13.8. The van der Waals surface area contributed by atoms with Crippen molar-refractivity contribution in [2.24, 2.45) is 0 Å². The molecule has 1 rings (SSSR count). The van der Waals surface area contributed by atoms with Crippen molar-refractivity contribution in [3.8, 4) is 0 Å². The number of hydrogen-bond donors (Lipinski definition) is 1. The average Bonchev–Trinajstić information content (AvgIpc) is 3.17. The summed E-state index contributed by atoms with van der Waals surface area (Å²) in [6.07, 6.45) is 3.13. The Bertz CT molecular complexity index is 244. The van der Waals surface area contributed by atoms with Gasteiger partial charge in [-0.25, -0.2) is 0 Å². The highest BCUT2D eigenvalue weighted by atomic mass is 16.5. The lowest BCUT2D eigenvalue weighted by atomic mass is 10.2. The Morgan fingerprint density at radius 1 is 1.44 bits per heavy atom. The zero-order valence-electron chi connectivity index (χ0n) is 11.8. The number of likely N-dealkylation sites (N-methyl/N-ethyl adjacent to an activating group) is 1. The van der Waals surface area contributed by atoms with E-state index in [1.54, 1.807) is 0 Å². The van der Waals surface area contributed by atoms with Crippen molar-refractivity contribution in [3.05, 3.63) is 0 Å². The second kappa shape index (κ2) is 8.45. The molecule has 1 N–H and O–H groups in total. The predicted octanol–water partition coefficient (Wildman–Crippen LogP) is 0.638. The molecule has 0 saturated heterocycles. The first kappa shape index (κ1) is 15.4. The average molecular weight is 258 g/mol. The monoisotopic (exact) mass is 258 g/mol. The molecule has 0 aromatic carbocycles. The van der Waals surface area contributed by atoms with Gasteiger partial charge in [-0.3, -0.25) is 4.79 Å². The number of carbonyl (C=O) groups is 1. The van der Waals surface area contributed by atoms with Crippen LogP contribution < -0.4 is 5.32 Å². The van der Waals surface area contributed by atoms with Gasteiger partial charge in [-0.2, -0.15) is 0 Å². The third-order valence-electron chi connectivity index (χ3n) is 3.12. The van der Waals surface area contributed by atoms with Gasteiger partial charge in [-0.15, -0.1) is 0 Å². The molecule has 5 nitrogen and oxygen atoms in total.